The molecule has 16 nitrogen and oxygen atoms in total. The molecule has 1 saturated heterocycles. The minimum absolute atomic E-state index is 0.0942. The first kappa shape index (κ1) is 24.7. The van der Waals surface area contributed by atoms with Gasteiger partial charge in [0.15, 0.2) is 6.23 Å². The highest BCUT2D eigenvalue weighted by Crippen LogP contribution is 2.66. The van der Waals surface area contributed by atoms with Crippen LogP contribution in [0.1, 0.15) is 6.23 Å². The van der Waals surface area contributed by atoms with Gasteiger partial charge in [0, 0.05) is 6.20 Å². The van der Waals surface area contributed by atoms with Gasteiger partial charge in [-0.1, -0.05) is 0 Å². The van der Waals surface area contributed by atoms with Crippen molar-refractivity contribution in [3.63, 3.8) is 0 Å². The number of hydrogen-bond donors (Lipinski definition) is 7. The molecule has 0 saturated carbocycles. The molecule has 20 heteroatoms. The normalized spacial score (nSPS) is 29.3. The van der Waals surface area contributed by atoms with Crippen LogP contribution in [0.4, 0.5) is 5.82 Å². The Kier molecular flexibility index (Phi) is 7.54. The van der Waals surface area contributed by atoms with Crippen molar-refractivity contribution >= 4 is 40.0 Å². The smallest absolute Gasteiger partial charge is 0.387 e. The van der Waals surface area contributed by atoms with Crippen LogP contribution < -0.4 is 11.4 Å². The lowest BCUT2D eigenvalue weighted by atomic mass is 10.1. The van der Waals surface area contributed by atoms with Crippen LogP contribution >= 0.6 is 22.4 Å². The van der Waals surface area contributed by atoms with Gasteiger partial charge in [0.25, 0.3) is 0 Å². The van der Waals surface area contributed by atoms with Gasteiger partial charge < -0.3 is 44.8 Å². The fourth-order valence-corrected chi connectivity index (χ4v) is 6.16. The second-order valence-corrected chi connectivity index (χ2v) is 11.3. The maximum atomic E-state index is 11.8. The Bertz CT molecular complexity index is 951. The molecule has 0 aliphatic carbocycles. The summed E-state index contributed by atoms with van der Waals surface area (Å²) in [5, 5.41) is 20.1. The molecule has 6 atom stereocenters. The Morgan fingerprint density at radius 3 is 2.38 bits per heavy atom. The van der Waals surface area contributed by atoms with Gasteiger partial charge in [-0.05, 0) is 17.9 Å². The van der Waals surface area contributed by atoms with Gasteiger partial charge in [-0.15, -0.1) is 0 Å². The molecule has 0 amide bonds. The Hall–Kier alpha value is -0.610. The summed E-state index contributed by atoms with van der Waals surface area (Å²) < 4.78 is 40.3. The summed E-state index contributed by atoms with van der Waals surface area (Å²) in [6.45, 7) is -5.43. The van der Waals surface area contributed by atoms with Crippen molar-refractivity contribution in [2.24, 2.45) is 0 Å². The Morgan fingerprint density at radius 2 is 1.83 bits per heavy atom. The lowest BCUT2D eigenvalue weighted by Crippen LogP contribution is -2.36. The Labute approximate surface area is 166 Å². The number of nitrogens with zero attached hydrogens (tertiary/aromatic N) is 2. The maximum Gasteiger partial charge on any atom is 0.488 e. The summed E-state index contributed by atoms with van der Waals surface area (Å²) in [5.41, 5.74) is 4.46. The molecule has 1 aromatic rings. The van der Waals surface area contributed by atoms with E-state index in [1.807, 2.05) is 0 Å². The van der Waals surface area contributed by atoms with Crippen LogP contribution in [-0.2, 0) is 38.8 Å². The second kappa shape index (κ2) is 8.86. The predicted molar refractivity (Wildman–Crippen MR) is 95.3 cm³/mol. The first-order chi connectivity index (χ1) is 13.1. The number of anilines is 1. The Morgan fingerprint density at radius 1 is 1.21 bits per heavy atom. The van der Waals surface area contributed by atoms with E-state index in [9.17, 15) is 33.9 Å². The molecule has 2 rings (SSSR count). The third kappa shape index (κ3) is 6.95. The van der Waals surface area contributed by atoms with E-state index in [4.69, 9.17) is 24.8 Å². The summed E-state index contributed by atoms with van der Waals surface area (Å²) in [6.07, 6.45) is -4.98. The Balaban J connectivity index is 2.05. The van der Waals surface area contributed by atoms with Gasteiger partial charge in [0.2, 0.25) is 0 Å². The van der Waals surface area contributed by atoms with E-state index in [-0.39, 0.29) is 5.82 Å². The van der Waals surface area contributed by atoms with E-state index >= 15 is 0 Å². The van der Waals surface area contributed by atoms with Crippen molar-refractivity contribution in [3.05, 3.63) is 22.7 Å². The van der Waals surface area contributed by atoms with Crippen LogP contribution in [0.2, 0.25) is 0 Å². The van der Waals surface area contributed by atoms with Gasteiger partial charge in [-0.2, -0.15) is 9.29 Å². The zero-order valence-corrected chi connectivity index (χ0v) is 17.4. The third-order valence-electron chi connectivity index (χ3n) is 3.28. The number of aliphatic hydroxyl groups is 2. The number of nitrogen functional groups attached to an aromatic ring is 1. The number of hydrogen-bond acceptors (Lipinski definition) is 12. The van der Waals surface area contributed by atoms with Crippen LogP contribution in [0, 0.1) is 0 Å². The van der Waals surface area contributed by atoms with Crippen molar-refractivity contribution < 1.29 is 56.8 Å². The number of nitrogens with two attached hydrogens (primary N) is 1. The lowest BCUT2D eigenvalue weighted by Gasteiger charge is -2.21. The summed E-state index contributed by atoms with van der Waals surface area (Å²) in [5.74, 6) is -0.0942. The van der Waals surface area contributed by atoms with Crippen molar-refractivity contribution in [1.29, 1.82) is 0 Å². The van der Waals surface area contributed by atoms with E-state index in [1.165, 1.54) is 6.07 Å². The number of rotatable bonds is 8. The minimum Gasteiger partial charge on any atom is -0.387 e. The van der Waals surface area contributed by atoms with Crippen LogP contribution in [-0.4, -0.2) is 64.3 Å². The van der Waals surface area contributed by atoms with E-state index < -0.39 is 59.2 Å². The molecule has 8 N–H and O–H groups in total. The van der Waals surface area contributed by atoms with E-state index in [1.54, 1.807) is 0 Å². The zero-order chi connectivity index (χ0) is 22.2. The molecule has 2 unspecified atom stereocenters. The number of aromatic nitrogens is 2. The topological polar surface area (TPSA) is 253 Å². The number of aliphatic hydroxyl groups excluding tert-OH is 2. The highest BCUT2D eigenvalue weighted by Gasteiger charge is 2.45. The molecule has 1 aliphatic rings. The largest absolute Gasteiger partial charge is 0.488 e. The van der Waals surface area contributed by atoms with Gasteiger partial charge in [0.1, 0.15) is 24.1 Å². The summed E-state index contributed by atoms with van der Waals surface area (Å²) >= 11 is 4.42. The van der Waals surface area contributed by atoms with Crippen LogP contribution in [0.3, 0.4) is 0 Å². The first-order valence-electron chi connectivity index (χ1n) is 7.25. The number of ether oxygens (including phenoxy) is 1. The van der Waals surface area contributed by atoms with Crippen LogP contribution in [0.5, 0.6) is 0 Å². The average Bonchev–Trinajstić information content (AvgIpc) is 2.78. The molecule has 0 radical (unpaired) electrons. The van der Waals surface area contributed by atoms with Crippen molar-refractivity contribution in [2.75, 3.05) is 12.3 Å². The quantitative estimate of drug-likeness (QED) is 0.189. The highest BCUT2D eigenvalue weighted by atomic mass is 32.5. The summed E-state index contributed by atoms with van der Waals surface area (Å²) in [6, 6.07) is 1.23. The fraction of sp³-hybridized carbons (Fsp3) is 0.556. The van der Waals surface area contributed by atoms with E-state index in [2.05, 4.69) is 25.4 Å². The van der Waals surface area contributed by atoms with Gasteiger partial charge in [0.05, 0.1) is 6.61 Å². The highest BCUT2D eigenvalue weighted by molar-refractivity contribution is 8.08. The van der Waals surface area contributed by atoms with E-state index in [0.29, 0.717) is 0 Å². The molecular formula is C9H16N3O13P3S. The first-order valence-corrected chi connectivity index (χ1v) is 12.9. The summed E-state index contributed by atoms with van der Waals surface area (Å²) in [4.78, 5) is 51.2. The predicted octanol–water partition coefficient (Wildman–Crippen LogP) is -2.10. The number of phosphoric acid groups is 2. The van der Waals surface area contributed by atoms with Crippen LogP contribution in [0.15, 0.2) is 17.1 Å². The third-order valence-corrected chi connectivity index (χ3v) is 8.00. The lowest BCUT2D eigenvalue weighted by molar-refractivity contribution is -0.0526. The molecule has 1 fully saturated rings. The van der Waals surface area contributed by atoms with Gasteiger partial charge >= 0.3 is 28.1 Å². The summed E-state index contributed by atoms with van der Waals surface area (Å²) in [7, 11) is -11.0. The standard InChI is InChI=1S/C9H16N3O13P3S/c10-5-1-2-12(9(15)11-5)8-7(14)6(13)4(23-8)3-22-28(21,29)25-27(19,20)24-26(16,17)18/h1-2,4,6-8,13-14H,3H2,(H,19,20)(H,21,29)(H2,10,11,15)(H2,16,17,18)/t4-,6-,7+,8-,28?/m1/s1. The molecular weight excluding hydrogens is 483 g/mol. The van der Waals surface area contributed by atoms with Crippen molar-refractivity contribution in [3.8, 4) is 0 Å². The molecule has 1 aliphatic heterocycles. The second-order valence-electron chi connectivity index (χ2n) is 5.48. The van der Waals surface area contributed by atoms with E-state index in [0.717, 1.165) is 10.8 Å². The fourth-order valence-electron chi connectivity index (χ4n) is 2.19. The van der Waals surface area contributed by atoms with Crippen molar-refractivity contribution in [1.82, 2.24) is 9.55 Å². The molecule has 0 aromatic carbocycles. The SMILES string of the molecule is Nc1ccn([C@@H]2O[C@H](COP(O)(=S)OP(=O)(O)OP(=O)(O)O)[C@@H](O)[C@@H]2O)c(=O)n1. The molecule has 0 spiro atoms. The molecule has 0 bridgehead atoms. The average molecular weight is 499 g/mol. The van der Waals surface area contributed by atoms with Gasteiger partial charge in [-0.25, -0.2) is 18.2 Å². The van der Waals surface area contributed by atoms with Gasteiger partial charge in [-0.3, -0.25) is 4.57 Å². The molecule has 29 heavy (non-hydrogen) atoms. The minimum atomic E-state index is -5.51. The molecule has 1 aromatic heterocycles. The maximum absolute atomic E-state index is 11.8. The van der Waals surface area contributed by atoms with Crippen LogP contribution in [0.25, 0.3) is 0 Å². The molecule has 166 valence electrons. The van der Waals surface area contributed by atoms with Crippen molar-refractivity contribution in [2.45, 2.75) is 24.5 Å². The molecule has 2 heterocycles. The monoisotopic (exact) mass is 499 g/mol. The zero-order valence-electron chi connectivity index (χ0n) is 13.9.